The Kier molecular flexibility index (Phi) is 20.6. The van der Waals surface area contributed by atoms with Crippen LogP contribution in [0.4, 0.5) is 0 Å². The third-order valence-electron chi connectivity index (χ3n) is 9.95. The number of hydrogen-bond acceptors (Lipinski definition) is 6. The van der Waals surface area contributed by atoms with Crippen LogP contribution >= 0.6 is 23.2 Å². The summed E-state index contributed by atoms with van der Waals surface area (Å²) < 4.78 is 60.0. The molecule has 0 fully saturated rings. The molecule has 4 atom stereocenters. The van der Waals surface area contributed by atoms with E-state index in [1.165, 1.54) is 41.0 Å². The molecule has 7 rings (SSSR count). The summed E-state index contributed by atoms with van der Waals surface area (Å²) in [6.07, 6.45) is 0. The van der Waals surface area contributed by atoms with Crippen molar-refractivity contribution < 1.29 is 36.3 Å². The molecule has 0 saturated heterocycles. The van der Waals surface area contributed by atoms with Gasteiger partial charge in [0, 0.05) is 33.6 Å². The third kappa shape index (κ3) is 15.3. The molecule has 0 spiro atoms. The minimum Gasteiger partial charge on any atom is -0.537 e. The van der Waals surface area contributed by atoms with Crippen molar-refractivity contribution in [2.75, 3.05) is 0 Å². The van der Waals surface area contributed by atoms with E-state index in [-0.39, 0.29) is 29.3 Å². The van der Waals surface area contributed by atoms with Crippen LogP contribution in [0.3, 0.4) is 0 Å². The quantitative estimate of drug-likeness (QED) is 0.0818. The van der Waals surface area contributed by atoms with Gasteiger partial charge in [0.2, 0.25) is 0 Å². The molecule has 8 nitrogen and oxygen atoms in total. The van der Waals surface area contributed by atoms with E-state index >= 15 is 0 Å². The summed E-state index contributed by atoms with van der Waals surface area (Å²) in [6, 6.07) is 54.0. The Labute approximate surface area is 402 Å². The van der Waals surface area contributed by atoms with Crippen LogP contribution in [0.1, 0.15) is 74.2 Å². The van der Waals surface area contributed by atoms with Crippen LogP contribution in [-0.4, -0.2) is 16.8 Å². The molecule has 4 N–H and O–H groups in total. The molecular weight excluding hydrogens is 969 g/mol. The van der Waals surface area contributed by atoms with Crippen molar-refractivity contribution in [3.05, 3.63) is 248 Å². The topological polar surface area (TPSA) is 149 Å². The Hall–Kier alpha value is -4.52. The number of alkyl halides is 2. The number of sulfonamides is 2. The maximum absolute atomic E-state index is 12.9. The van der Waals surface area contributed by atoms with Crippen LogP contribution in [0.25, 0.3) is 9.44 Å². The number of hydrogen-bond donors (Lipinski definition) is 2. The number of aryl methyl sites for hydroxylation is 3. The minimum atomic E-state index is -3.88. The standard InChI is InChI=1S/2C21H20ClN2O2S.C9H12.Ru/c2*22-15-16-11-13-19(14-12-16)27(25,26)24-21(18-9-5-2-6-10-18)20(23)17-7-3-1-4-8-17;1-7-4-8(2)6-9(3)5-7;/h2*1-14,20-21H,15,23H2;4-6H,1-3H3;/q2*-1;;+2/t2*20-,21-;;/m00../s1. The molecule has 0 bridgehead atoms. The van der Waals surface area contributed by atoms with Gasteiger partial charge in [-0.2, -0.15) is 0 Å². The van der Waals surface area contributed by atoms with Crippen molar-refractivity contribution >= 4 is 43.2 Å². The molecule has 64 heavy (non-hydrogen) atoms. The van der Waals surface area contributed by atoms with E-state index in [2.05, 4.69) is 48.4 Å². The molecule has 7 aromatic carbocycles. The van der Waals surface area contributed by atoms with Gasteiger partial charge in [-0.25, -0.2) is 16.8 Å². The minimum absolute atomic E-state index is 0. The van der Waals surface area contributed by atoms with Crippen molar-refractivity contribution in [3.63, 3.8) is 0 Å². The molecule has 0 aliphatic rings. The molecule has 0 aromatic heterocycles. The first-order chi connectivity index (χ1) is 30.2. The first kappa shape index (κ1) is 52.1. The molecule has 0 unspecified atom stereocenters. The van der Waals surface area contributed by atoms with Gasteiger partial charge < -0.3 is 20.9 Å². The average molecular weight is 1020 g/mol. The third-order valence-corrected chi connectivity index (χ3v) is 13.3. The van der Waals surface area contributed by atoms with Crippen LogP contribution in [-0.2, 0) is 51.3 Å². The van der Waals surface area contributed by atoms with Gasteiger partial charge in [0.25, 0.3) is 0 Å². The molecule has 0 amide bonds. The van der Waals surface area contributed by atoms with Crippen LogP contribution < -0.4 is 11.5 Å². The van der Waals surface area contributed by atoms with Crippen molar-refractivity contribution in [1.82, 2.24) is 0 Å². The molecular formula is C51H52Cl2N4O4RuS2. The van der Waals surface area contributed by atoms with E-state index in [1.54, 1.807) is 24.3 Å². The maximum Gasteiger partial charge on any atom is 2.00 e. The maximum atomic E-state index is 12.9. The molecule has 334 valence electrons. The van der Waals surface area contributed by atoms with Gasteiger partial charge in [0.1, 0.15) is 20.0 Å². The molecule has 7 aromatic rings. The van der Waals surface area contributed by atoms with Crippen molar-refractivity contribution in [2.45, 2.75) is 66.5 Å². The van der Waals surface area contributed by atoms with Crippen LogP contribution in [0.5, 0.6) is 0 Å². The summed E-state index contributed by atoms with van der Waals surface area (Å²) in [7, 11) is -7.77. The van der Waals surface area contributed by atoms with Crippen molar-refractivity contribution in [1.29, 1.82) is 0 Å². The molecule has 0 saturated carbocycles. The SMILES string of the molecule is Cc1cc(C)cc(C)c1.N[C@@H](c1ccccc1)[C@@H]([N-]S(=O)(=O)c1ccc(CCl)cc1)c1ccccc1.N[C@@H](c1ccccc1)[C@@H]([N-]S(=O)(=O)c1ccc(CCl)cc1)c1ccccc1.[Ru+2]. The van der Waals surface area contributed by atoms with Gasteiger partial charge in [-0.15, -0.1) is 23.2 Å². The second-order valence-electron chi connectivity index (χ2n) is 15.0. The normalized spacial score (nSPS) is 13.0. The van der Waals surface area contributed by atoms with E-state index in [0.717, 1.165) is 33.4 Å². The van der Waals surface area contributed by atoms with Crippen LogP contribution in [0.2, 0.25) is 0 Å². The van der Waals surface area contributed by atoms with Gasteiger partial charge in [-0.05, 0) is 67.3 Å². The van der Waals surface area contributed by atoms with Gasteiger partial charge in [0.05, 0.1) is 0 Å². The van der Waals surface area contributed by atoms with E-state index in [0.29, 0.717) is 11.8 Å². The molecule has 0 radical (unpaired) electrons. The number of nitrogens with zero attached hydrogens (tertiary/aromatic N) is 2. The van der Waals surface area contributed by atoms with Gasteiger partial charge in [-0.3, -0.25) is 0 Å². The van der Waals surface area contributed by atoms with Gasteiger partial charge in [-0.1, -0.05) is 204 Å². The molecule has 13 heteroatoms. The number of halogens is 2. The molecule has 0 aliphatic heterocycles. The smallest absolute Gasteiger partial charge is 0.537 e. The fourth-order valence-corrected chi connectivity index (χ4v) is 9.47. The Morgan fingerprint density at radius 2 is 0.672 bits per heavy atom. The molecule has 0 aliphatic carbocycles. The Morgan fingerprint density at radius 3 is 0.922 bits per heavy atom. The zero-order chi connectivity index (χ0) is 45.4. The summed E-state index contributed by atoms with van der Waals surface area (Å²) in [5, 5.41) is 0. The monoisotopic (exact) mass is 1020 g/mol. The first-order valence-corrected chi connectivity index (χ1v) is 24.2. The summed E-state index contributed by atoms with van der Waals surface area (Å²) in [5.41, 5.74) is 21.7. The summed E-state index contributed by atoms with van der Waals surface area (Å²) in [5.74, 6) is 0.645. The first-order valence-electron chi connectivity index (χ1n) is 20.2. The fraction of sp³-hybridized carbons (Fsp3) is 0.176. The second kappa shape index (κ2) is 25.3. The largest absolute Gasteiger partial charge is 2.00 e. The van der Waals surface area contributed by atoms with E-state index in [9.17, 15) is 16.8 Å². The summed E-state index contributed by atoms with van der Waals surface area (Å²) >= 11 is 11.6. The average Bonchev–Trinajstić information content (AvgIpc) is 3.30. The van der Waals surface area contributed by atoms with Gasteiger partial charge in [0.15, 0.2) is 0 Å². The Bertz CT molecular complexity index is 2470. The Balaban J connectivity index is 0.000000232. The summed E-state index contributed by atoms with van der Waals surface area (Å²) in [4.78, 5) is 0.245. The molecule has 0 heterocycles. The van der Waals surface area contributed by atoms with E-state index < -0.39 is 44.2 Å². The zero-order valence-corrected chi connectivity index (χ0v) is 40.6. The van der Waals surface area contributed by atoms with Crippen molar-refractivity contribution in [2.24, 2.45) is 11.5 Å². The summed E-state index contributed by atoms with van der Waals surface area (Å²) in [6.45, 7) is 6.38. The predicted octanol–water partition coefficient (Wildman–Crippen LogP) is 12.5. The van der Waals surface area contributed by atoms with Gasteiger partial charge >= 0.3 is 19.5 Å². The van der Waals surface area contributed by atoms with Crippen molar-refractivity contribution in [3.8, 4) is 0 Å². The van der Waals surface area contributed by atoms with E-state index in [4.69, 9.17) is 34.7 Å². The van der Waals surface area contributed by atoms with Crippen LogP contribution in [0.15, 0.2) is 198 Å². The number of rotatable bonds is 14. The second-order valence-corrected chi connectivity index (χ2v) is 18.8. The number of benzene rings is 7. The zero-order valence-electron chi connectivity index (χ0n) is 35.7. The van der Waals surface area contributed by atoms with Crippen LogP contribution in [0, 0.1) is 20.8 Å². The number of nitrogens with two attached hydrogens (primary N) is 2. The fourth-order valence-electron chi connectivity index (χ4n) is 6.81. The van der Waals surface area contributed by atoms with E-state index in [1.807, 2.05) is 121 Å². The predicted molar refractivity (Wildman–Crippen MR) is 259 cm³/mol. The Morgan fingerprint density at radius 1 is 0.422 bits per heavy atom.